The van der Waals surface area contributed by atoms with E-state index in [1.165, 1.54) is 83.1 Å². The van der Waals surface area contributed by atoms with E-state index in [1.54, 1.807) is 5.56 Å². The lowest BCUT2D eigenvalue weighted by Crippen LogP contribution is -2.42. The Balaban J connectivity index is 1.28. The molecular formula is C51H49N. The second-order valence-electron chi connectivity index (χ2n) is 18.1. The van der Waals surface area contributed by atoms with Crippen molar-refractivity contribution in [2.75, 3.05) is 0 Å². The second kappa shape index (κ2) is 10.4. The summed E-state index contributed by atoms with van der Waals surface area (Å²) in [6.07, 6.45) is 2.18. The van der Waals surface area contributed by atoms with E-state index >= 15 is 0 Å². The minimum atomic E-state index is -0.123. The van der Waals surface area contributed by atoms with Crippen molar-refractivity contribution in [3.05, 3.63) is 160 Å². The molecule has 1 atom stereocenters. The first-order chi connectivity index (χ1) is 24.8. The van der Waals surface area contributed by atoms with E-state index in [0.29, 0.717) is 5.92 Å². The lowest BCUT2D eigenvalue weighted by atomic mass is 9.59. The van der Waals surface area contributed by atoms with Crippen LogP contribution in [0.3, 0.4) is 0 Å². The van der Waals surface area contributed by atoms with Crippen LogP contribution < -0.4 is 0 Å². The molecule has 1 heterocycles. The van der Waals surface area contributed by atoms with Crippen LogP contribution in [0, 0.1) is 5.41 Å². The van der Waals surface area contributed by atoms with Crippen molar-refractivity contribution in [2.45, 2.75) is 90.4 Å². The Bertz CT molecular complexity index is 2610. The molecule has 0 saturated carbocycles. The molecule has 0 fully saturated rings. The lowest BCUT2D eigenvalue weighted by Gasteiger charge is -2.45. The van der Waals surface area contributed by atoms with Crippen molar-refractivity contribution < 1.29 is 0 Å². The molecule has 7 aromatic rings. The van der Waals surface area contributed by atoms with Gasteiger partial charge in [-0.25, -0.2) is 0 Å². The zero-order valence-electron chi connectivity index (χ0n) is 32.0. The van der Waals surface area contributed by atoms with E-state index in [0.717, 1.165) is 12.8 Å². The van der Waals surface area contributed by atoms with Crippen molar-refractivity contribution in [2.24, 2.45) is 5.41 Å². The lowest BCUT2D eigenvalue weighted by molar-refractivity contribution is 0.125. The maximum absolute atomic E-state index is 2.64. The third-order valence-corrected chi connectivity index (χ3v) is 14.9. The molecule has 0 saturated heterocycles. The number of hydrogen-bond acceptors (Lipinski definition) is 0. The molecule has 6 aromatic carbocycles. The molecule has 0 amide bonds. The minimum absolute atomic E-state index is 0.0123. The summed E-state index contributed by atoms with van der Waals surface area (Å²) < 4.78 is 2.47. The van der Waals surface area contributed by atoms with Crippen molar-refractivity contribution in [3.63, 3.8) is 0 Å². The smallest absolute Gasteiger partial charge is 0.0544 e. The number of para-hydroxylation sites is 2. The molecular weight excluding hydrogens is 627 g/mol. The summed E-state index contributed by atoms with van der Waals surface area (Å²) in [6, 6.07) is 46.5. The van der Waals surface area contributed by atoms with Gasteiger partial charge in [-0.05, 0) is 127 Å². The summed E-state index contributed by atoms with van der Waals surface area (Å²) >= 11 is 0. The van der Waals surface area contributed by atoms with E-state index in [2.05, 4.69) is 181 Å². The van der Waals surface area contributed by atoms with E-state index in [-0.39, 0.29) is 21.7 Å². The quantitative estimate of drug-likeness (QED) is 0.172. The number of fused-ring (bicyclic) bond motifs is 11. The molecule has 0 spiro atoms. The SMILES string of the molecule is CC1(C)c2cc3c(cc2-c2cc4c5ccccc5n(-c5ccccc5)c4cc21)-c1c(ccc2c1C(C)(C)C(C)(C)C2(C)C)C(c1ccccc1)CC3. The maximum atomic E-state index is 2.64. The van der Waals surface area contributed by atoms with Gasteiger partial charge in [0, 0.05) is 27.8 Å². The Morgan fingerprint density at radius 2 is 1.19 bits per heavy atom. The molecule has 0 N–H and O–H groups in total. The van der Waals surface area contributed by atoms with Crippen LogP contribution >= 0.6 is 0 Å². The zero-order valence-corrected chi connectivity index (χ0v) is 32.0. The number of nitrogens with zero attached hydrogens (tertiary/aromatic N) is 1. The molecule has 1 nitrogen and oxygen atoms in total. The first-order valence-electron chi connectivity index (χ1n) is 19.4. The summed E-state index contributed by atoms with van der Waals surface area (Å²) in [5.41, 5.74) is 20.0. The fraction of sp³-hybridized carbons (Fsp3) is 0.294. The van der Waals surface area contributed by atoms with E-state index in [9.17, 15) is 0 Å². The fourth-order valence-corrected chi connectivity index (χ4v) is 10.9. The molecule has 1 unspecified atom stereocenters. The molecule has 3 aliphatic rings. The first kappa shape index (κ1) is 31.8. The van der Waals surface area contributed by atoms with Crippen LogP contribution in [0.4, 0.5) is 0 Å². The van der Waals surface area contributed by atoms with Crippen molar-refractivity contribution in [1.29, 1.82) is 0 Å². The molecule has 258 valence electrons. The van der Waals surface area contributed by atoms with Crippen molar-refractivity contribution in [3.8, 4) is 27.9 Å². The van der Waals surface area contributed by atoms with Crippen LogP contribution in [-0.4, -0.2) is 4.57 Å². The van der Waals surface area contributed by atoms with Gasteiger partial charge in [-0.2, -0.15) is 0 Å². The van der Waals surface area contributed by atoms with Gasteiger partial charge >= 0.3 is 0 Å². The highest BCUT2D eigenvalue weighted by atomic mass is 15.0. The number of hydrogen-bond donors (Lipinski definition) is 0. The second-order valence-corrected chi connectivity index (χ2v) is 18.1. The Kier molecular flexibility index (Phi) is 6.35. The van der Waals surface area contributed by atoms with Gasteiger partial charge in [0.1, 0.15) is 0 Å². The average Bonchev–Trinajstić information content (AvgIpc) is 3.54. The Morgan fingerprint density at radius 3 is 1.94 bits per heavy atom. The largest absolute Gasteiger partial charge is 0.309 e. The predicted octanol–water partition coefficient (Wildman–Crippen LogP) is 13.4. The molecule has 52 heavy (non-hydrogen) atoms. The molecule has 3 aliphatic carbocycles. The molecule has 10 rings (SSSR count). The minimum Gasteiger partial charge on any atom is -0.309 e. The van der Waals surface area contributed by atoms with Gasteiger partial charge in [0.05, 0.1) is 11.0 Å². The van der Waals surface area contributed by atoms with E-state index < -0.39 is 0 Å². The zero-order chi connectivity index (χ0) is 35.9. The third kappa shape index (κ3) is 3.90. The molecule has 0 aliphatic heterocycles. The summed E-state index contributed by atoms with van der Waals surface area (Å²) in [4.78, 5) is 0. The number of rotatable bonds is 2. The van der Waals surface area contributed by atoms with Crippen molar-refractivity contribution in [1.82, 2.24) is 4.57 Å². The van der Waals surface area contributed by atoms with Crippen LogP contribution in [0.1, 0.15) is 107 Å². The highest BCUT2D eigenvalue weighted by Gasteiger charge is 2.58. The van der Waals surface area contributed by atoms with Crippen LogP contribution in [-0.2, 0) is 22.7 Å². The van der Waals surface area contributed by atoms with Gasteiger partial charge in [0.2, 0.25) is 0 Å². The first-order valence-corrected chi connectivity index (χ1v) is 19.4. The van der Waals surface area contributed by atoms with Crippen LogP contribution in [0.5, 0.6) is 0 Å². The van der Waals surface area contributed by atoms with Crippen LogP contribution in [0.25, 0.3) is 49.7 Å². The highest BCUT2D eigenvalue weighted by molar-refractivity contribution is 6.11. The Morgan fingerprint density at radius 1 is 0.538 bits per heavy atom. The van der Waals surface area contributed by atoms with Gasteiger partial charge in [0.15, 0.2) is 0 Å². The molecule has 1 heteroatoms. The maximum Gasteiger partial charge on any atom is 0.0544 e. The van der Waals surface area contributed by atoms with E-state index in [4.69, 9.17) is 0 Å². The number of aryl methyl sites for hydroxylation is 1. The van der Waals surface area contributed by atoms with Gasteiger partial charge in [0.25, 0.3) is 0 Å². The monoisotopic (exact) mass is 675 g/mol. The average molecular weight is 676 g/mol. The fourth-order valence-electron chi connectivity index (χ4n) is 10.9. The summed E-state index contributed by atoms with van der Waals surface area (Å²) in [5, 5.41) is 2.64. The Labute approximate surface area is 309 Å². The standard InChI is InChI=1S/C51H49N/c1-48(2)42-27-32-23-24-34(31-17-11-9-12-18-31)36-25-26-41-47(50(5,6)51(7,8)49(41,3)4)46(36)37(32)28-38(42)39-29-40-35-21-15-16-22-44(35)52(45(40)30-43(39)48)33-19-13-10-14-20-33/h9-22,25-30,34H,23-24H2,1-8H3. The van der Waals surface area contributed by atoms with Gasteiger partial charge in [-0.1, -0.05) is 140 Å². The van der Waals surface area contributed by atoms with Gasteiger partial charge in [-0.15, -0.1) is 0 Å². The van der Waals surface area contributed by atoms with E-state index in [1.807, 2.05) is 0 Å². The van der Waals surface area contributed by atoms with Crippen molar-refractivity contribution >= 4 is 21.8 Å². The normalized spacial score (nSPS) is 19.8. The molecule has 1 aromatic heterocycles. The Hall–Kier alpha value is -4.88. The third-order valence-electron chi connectivity index (χ3n) is 14.9. The van der Waals surface area contributed by atoms with Gasteiger partial charge < -0.3 is 4.57 Å². The van der Waals surface area contributed by atoms with Crippen LogP contribution in [0.15, 0.2) is 121 Å². The summed E-state index contributed by atoms with van der Waals surface area (Å²) in [5.74, 6) is 0.357. The topological polar surface area (TPSA) is 4.93 Å². The predicted molar refractivity (Wildman–Crippen MR) is 220 cm³/mol. The van der Waals surface area contributed by atoms with Gasteiger partial charge in [-0.3, -0.25) is 0 Å². The number of benzene rings is 6. The highest BCUT2D eigenvalue weighted by Crippen LogP contribution is 2.65. The molecule has 0 radical (unpaired) electrons. The van der Waals surface area contributed by atoms with Crippen LogP contribution in [0.2, 0.25) is 0 Å². The number of aromatic nitrogens is 1. The summed E-state index contributed by atoms with van der Waals surface area (Å²) in [6.45, 7) is 19.9. The summed E-state index contributed by atoms with van der Waals surface area (Å²) in [7, 11) is 0. The molecule has 0 bridgehead atoms.